The average Bonchev–Trinajstić information content (AvgIpc) is 2.03. The van der Waals surface area contributed by atoms with E-state index in [0.29, 0.717) is 11.3 Å². The molecule has 0 aromatic carbocycles. The Morgan fingerprint density at radius 2 is 2.00 bits per heavy atom. The van der Waals surface area contributed by atoms with Crippen LogP contribution in [0, 0.1) is 5.92 Å². The molecule has 0 spiro atoms. The summed E-state index contributed by atoms with van der Waals surface area (Å²) in [6, 6.07) is 0. The monoisotopic (exact) mass is 288 g/mol. The summed E-state index contributed by atoms with van der Waals surface area (Å²) >= 11 is 8.52. The lowest BCUT2D eigenvalue weighted by Crippen LogP contribution is -2.09. The number of rotatable bonds is 6. The van der Waals surface area contributed by atoms with E-state index in [1.165, 1.54) is 23.7 Å². The highest BCUT2D eigenvalue weighted by Gasteiger charge is 2.10. The first kappa shape index (κ1) is 12.0. The molecule has 0 heterocycles. The maximum Gasteiger partial charge on any atom is 0.0359 e. The van der Waals surface area contributed by atoms with Crippen LogP contribution in [0.4, 0.5) is 0 Å². The van der Waals surface area contributed by atoms with Crippen LogP contribution in [0.2, 0.25) is 0 Å². The van der Waals surface area contributed by atoms with Crippen LogP contribution in [0.3, 0.4) is 0 Å². The highest BCUT2D eigenvalue weighted by molar-refractivity contribution is 14.1. The van der Waals surface area contributed by atoms with Crippen LogP contribution >= 0.6 is 34.2 Å². The molecule has 0 aliphatic carbocycles. The molecule has 0 nitrogen and oxygen atoms in total. The maximum absolute atomic E-state index is 6.09. The first-order valence-corrected chi connectivity index (χ1v) is 6.38. The van der Waals surface area contributed by atoms with Gasteiger partial charge < -0.3 is 0 Å². The molecule has 2 heteroatoms. The number of hydrogen-bond donors (Lipinski definition) is 0. The predicted octanol–water partition coefficient (Wildman–Crippen LogP) is 4.25. The second-order valence-corrected chi connectivity index (χ2v) is 4.73. The summed E-state index contributed by atoms with van der Waals surface area (Å²) in [5.74, 6) is 0.699. The highest BCUT2D eigenvalue weighted by Crippen LogP contribution is 2.19. The minimum absolute atomic E-state index is 0.393. The second kappa shape index (κ2) is 7.66. The summed E-state index contributed by atoms with van der Waals surface area (Å²) in [6.45, 7) is 4.42. The van der Waals surface area contributed by atoms with Gasteiger partial charge in [0, 0.05) is 5.38 Å². The molecule has 0 aromatic rings. The van der Waals surface area contributed by atoms with Crippen LogP contribution in [-0.2, 0) is 0 Å². The van der Waals surface area contributed by atoms with Crippen LogP contribution in [0.5, 0.6) is 0 Å². The van der Waals surface area contributed by atoms with Gasteiger partial charge >= 0.3 is 0 Å². The fourth-order valence-corrected chi connectivity index (χ4v) is 1.81. The Hall–Kier alpha value is 1.02. The Morgan fingerprint density at radius 1 is 1.36 bits per heavy atom. The zero-order valence-electron chi connectivity index (χ0n) is 7.45. The van der Waals surface area contributed by atoms with E-state index in [1.54, 1.807) is 0 Å². The predicted molar refractivity (Wildman–Crippen MR) is 61.8 cm³/mol. The average molecular weight is 289 g/mol. The van der Waals surface area contributed by atoms with Crippen molar-refractivity contribution in [3.8, 4) is 0 Å². The van der Waals surface area contributed by atoms with Crippen molar-refractivity contribution in [2.24, 2.45) is 5.92 Å². The molecular formula is C9H18ClI. The van der Waals surface area contributed by atoms with Gasteiger partial charge in [0.25, 0.3) is 0 Å². The van der Waals surface area contributed by atoms with Gasteiger partial charge in [-0.1, -0.05) is 42.9 Å². The molecule has 0 rings (SSSR count). The van der Waals surface area contributed by atoms with Crippen LogP contribution < -0.4 is 0 Å². The molecule has 0 N–H and O–H groups in total. The molecule has 0 aliphatic rings. The summed E-state index contributed by atoms with van der Waals surface area (Å²) in [4.78, 5) is 0. The van der Waals surface area contributed by atoms with Gasteiger partial charge in [0.2, 0.25) is 0 Å². The zero-order valence-corrected chi connectivity index (χ0v) is 10.4. The van der Waals surface area contributed by atoms with E-state index in [2.05, 4.69) is 36.4 Å². The van der Waals surface area contributed by atoms with Gasteiger partial charge in [-0.25, -0.2) is 0 Å². The molecule has 2 unspecified atom stereocenters. The van der Waals surface area contributed by atoms with Crippen molar-refractivity contribution in [3.05, 3.63) is 0 Å². The minimum Gasteiger partial charge on any atom is -0.123 e. The molecule has 0 amide bonds. The van der Waals surface area contributed by atoms with E-state index in [-0.39, 0.29) is 0 Å². The Bertz CT molecular complexity index is 85.6. The van der Waals surface area contributed by atoms with Crippen LogP contribution in [0.15, 0.2) is 0 Å². The summed E-state index contributed by atoms with van der Waals surface area (Å²) in [6.07, 6.45) is 5.09. The number of halogens is 2. The van der Waals surface area contributed by atoms with Gasteiger partial charge in [0.05, 0.1) is 0 Å². The lowest BCUT2D eigenvalue weighted by molar-refractivity contribution is 0.475. The van der Waals surface area contributed by atoms with Gasteiger partial charge in [0.1, 0.15) is 0 Å². The van der Waals surface area contributed by atoms with Crippen LogP contribution in [0.1, 0.15) is 39.5 Å². The van der Waals surface area contributed by atoms with Crippen molar-refractivity contribution in [3.63, 3.8) is 0 Å². The lowest BCUT2D eigenvalue weighted by atomic mass is 9.99. The first-order valence-electron chi connectivity index (χ1n) is 4.42. The molecule has 0 radical (unpaired) electrons. The van der Waals surface area contributed by atoms with Crippen molar-refractivity contribution in [1.29, 1.82) is 0 Å². The van der Waals surface area contributed by atoms with E-state index < -0.39 is 0 Å². The number of unbranched alkanes of at least 4 members (excludes halogenated alkanes) is 1. The zero-order chi connectivity index (χ0) is 8.69. The molecule has 11 heavy (non-hydrogen) atoms. The minimum atomic E-state index is 0.393. The van der Waals surface area contributed by atoms with Gasteiger partial charge in [-0.2, -0.15) is 0 Å². The van der Waals surface area contributed by atoms with Crippen LogP contribution in [-0.4, -0.2) is 9.80 Å². The smallest absolute Gasteiger partial charge is 0.0359 e. The van der Waals surface area contributed by atoms with E-state index in [9.17, 15) is 0 Å². The normalized spacial score (nSPS) is 16.4. The van der Waals surface area contributed by atoms with Crippen molar-refractivity contribution in [1.82, 2.24) is 0 Å². The van der Waals surface area contributed by atoms with Crippen molar-refractivity contribution in [2.45, 2.75) is 44.9 Å². The van der Waals surface area contributed by atoms with Crippen molar-refractivity contribution >= 4 is 34.2 Å². The number of hydrogen-bond acceptors (Lipinski definition) is 0. The van der Waals surface area contributed by atoms with Gasteiger partial charge in [0.15, 0.2) is 0 Å². The standard InChI is InChI=1S/C9H18ClI/c1-3-9(10)8(2)6-4-5-7-11/h8-9H,3-7H2,1-2H3. The highest BCUT2D eigenvalue weighted by atomic mass is 127. The quantitative estimate of drug-likeness (QED) is 0.389. The molecule has 0 bridgehead atoms. The lowest BCUT2D eigenvalue weighted by Gasteiger charge is -2.15. The molecule has 0 aliphatic heterocycles. The molecule has 0 fully saturated rings. The summed E-state index contributed by atoms with van der Waals surface area (Å²) in [5.41, 5.74) is 0. The van der Waals surface area contributed by atoms with Crippen molar-refractivity contribution < 1.29 is 0 Å². The van der Waals surface area contributed by atoms with E-state index in [4.69, 9.17) is 11.6 Å². The Kier molecular flexibility index (Phi) is 8.37. The summed E-state index contributed by atoms with van der Waals surface area (Å²) in [7, 11) is 0. The first-order chi connectivity index (χ1) is 5.22. The van der Waals surface area contributed by atoms with Gasteiger partial charge in [-0.05, 0) is 29.6 Å². The Morgan fingerprint density at radius 3 is 2.45 bits per heavy atom. The third-order valence-electron chi connectivity index (χ3n) is 2.05. The summed E-state index contributed by atoms with van der Waals surface area (Å²) < 4.78 is 1.28. The molecular weight excluding hydrogens is 270 g/mol. The van der Waals surface area contributed by atoms with Crippen molar-refractivity contribution in [2.75, 3.05) is 4.43 Å². The van der Waals surface area contributed by atoms with E-state index >= 15 is 0 Å². The fraction of sp³-hybridized carbons (Fsp3) is 1.00. The van der Waals surface area contributed by atoms with Gasteiger partial charge in [-0.15, -0.1) is 11.6 Å². The Balaban J connectivity index is 3.28. The third kappa shape index (κ3) is 6.21. The third-order valence-corrected chi connectivity index (χ3v) is 3.55. The van der Waals surface area contributed by atoms with E-state index in [1.807, 2.05) is 0 Å². The van der Waals surface area contributed by atoms with Gasteiger partial charge in [-0.3, -0.25) is 0 Å². The van der Waals surface area contributed by atoms with E-state index in [0.717, 1.165) is 6.42 Å². The maximum atomic E-state index is 6.09. The molecule has 2 atom stereocenters. The molecule has 0 aromatic heterocycles. The Labute approximate surface area is 89.2 Å². The molecule has 0 saturated heterocycles. The summed E-state index contributed by atoms with van der Waals surface area (Å²) in [5, 5.41) is 0.393. The molecule has 0 saturated carbocycles. The number of alkyl halides is 2. The molecule has 68 valence electrons. The largest absolute Gasteiger partial charge is 0.123 e. The van der Waals surface area contributed by atoms with Crippen LogP contribution in [0.25, 0.3) is 0 Å². The topological polar surface area (TPSA) is 0 Å². The second-order valence-electron chi connectivity index (χ2n) is 3.09. The SMILES string of the molecule is CCC(Cl)C(C)CCCCI. The fourth-order valence-electron chi connectivity index (χ4n) is 1.14.